The lowest BCUT2D eigenvalue weighted by Crippen LogP contribution is -2.06. The van der Waals surface area contributed by atoms with E-state index in [0.29, 0.717) is 32.8 Å². The second kappa shape index (κ2) is 7.36. The first-order chi connectivity index (χ1) is 17.6. The van der Waals surface area contributed by atoms with Crippen LogP contribution in [0.25, 0.3) is 54.2 Å². The van der Waals surface area contributed by atoms with Gasteiger partial charge in [0, 0.05) is 16.5 Å². The largest absolute Gasteiger partial charge is 0.540 e. The first kappa shape index (κ1) is 20.6. The van der Waals surface area contributed by atoms with Crippen molar-refractivity contribution in [3.8, 4) is 11.1 Å². The monoisotopic (exact) mass is 462 g/mol. The van der Waals surface area contributed by atoms with Crippen molar-refractivity contribution < 1.29 is 19.0 Å². The molecule has 5 heteroatoms. The number of ketones is 2. The summed E-state index contributed by atoms with van der Waals surface area (Å²) in [4.78, 5) is 38.9. The maximum atomic E-state index is 13.1. The SMILES string of the molecule is [B]OC(=O)c1c2ccccc2c(-c2c3ccccc3c3c4c(cccc24)C(=O)C3=O)c2ccccc12. The lowest BCUT2D eigenvalue weighted by Gasteiger charge is -2.20. The molecule has 2 radical (unpaired) electrons. The van der Waals surface area contributed by atoms with Gasteiger partial charge in [0.2, 0.25) is 11.6 Å². The van der Waals surface area contributed by atoms with Gasteiger partial charge in [0.15, 0.2) is 0 Å². The molecule has 0 fully saturated rings. The number of carbonyl (C=O) groups excluding carboxylic acids is 3. The zero-order chi connectivity index (χ0) is 24.6. The molecule has 6 aromatic carbocycles. The van der Waals surface area contributed by atoms with Crippen LogP contribution in [0.15, 0.2) is 91.0 Å². The third kappa shape index (κ3) is 2.52. The van der Waals surface area contributed by atoms with Crippen LogP contribution in [-0.2, 0) is 4.65 Å². The summed E-state index contributed by atoms with van der Waals surface area (Å²) in [5.74, 6) is -1.57. The molecule has 36 heavy (non-hydrogen) atoms. The molecule has 4 nitrogen and oxygen atoms in total. The van der Waals surface area contributed by atoms with Crippen LogP contribution < -0.4 is 0 Å². The molecule has 0 aliphatic heterocycles. The average Bonchev–Trinajstić information content (AvgIpc) is 3.18. The van der Waals surface area contributed by atoms with E-state index in [-0.39, 0.29) is 0 Å². The molecule has 0 N–H and O–H groups in total. The highest BCUT2D eigenvalue weighted by molar-refractivity contribution is 6.60. The van der Waals surface area contributed by atoms with Gasteiger partial charge in [0.05, 0.1) is 5.56 Å². The predicted molar refractivity (Wildman–Crippen MR) is 142 cm³/mol. The van der Waals surface area contributed by atoms with Gasteiger partial charge in [0.1, 0.15) is 0 Å². The Morgan fingerprint density at radius 1 is 0.528 bits per heavy atom. The highest BCUT2D eigenvalue weighted by atomic mass is 16.5. The maximum Gasteiger partial charge on any atom is 0.378 e. The summed E-state index contributed by atoms with van der Waals surface area (Å²) in [5, 5.41) is 6.22. The maximum absolute atomic E-state index is 13.1. The smallest absolute Gasteiger partial charge is 0.378 e. The quantitative estimate of drug-likeness (QED) is 0.166. The molecule has 0 bridgehead atoms. The van der Waals surface area contributed by atoms with Crippen molar-refractivity contribution in [3.63, 3.8) is 0 Å². The molecule has 1 aliphatic carbocycles. The summed E-state index contributed by atoms with van der Waals surface area (Å²) in [6.07, 6.45) is 0. The van der Waals surface area contributed by atoms with Crippen molar-refractivity contribution in [2.45, 2.75) is 0 Å². The van der Waals surface area contributed by atoms with Crippen molar-refractivity contribution in [2.75, 3.05) is 0 Å². The van der Waals surface area contributed by atoms with E-state index in [1.54, 1.807) is 6.07 Å². The number of benzene rings is 6. The normalized spacial score (nSPS) is 12.8. The Bertz CT molecular complexity index is 1930. The summed E-state index contributed by atoms with van der Waals surface area (Å²) >= 11 is 0. The highest BCUT2D eigenvalue weighted by Gasteiger charge is 2.34. The Hall–Kier alpha value is -4.77. The van der Waals surface area contributed by atoms with E-state index in [1.807, 2.05) is 84.9 Å². The van der Waals surface area contributed by atoms with Gasteiger partial charge in [-0.2, -0.15) is 0 Å². The third-order valence-electron chi connectivity index (χ3n) is 7.22. The molecular formula is C31H15BO4. The molecule has 166 valence electrons. The van der Waals surface area contributed by atoms with Gasteiger partial charge in [-0.15, -0.1) is 0 Å². The Labute approximate surface area is 206 Å². The van der Waals surface area contributed by atoms with Gasteiger partial charge in [0.25, 0.3) is 0 Å². The van der Waals surface area contributed by atoms with Gasteiger partial charge in [-0.25, -0.2) is 4.79 Å². The molecular weight excluding hydrogens is 447 g/mol. The van der Waals surface area contributed by atoms with Gasteiger partial charge >= 0.3 is 14.0 Å². The summed E-state index contributed by atoms with van der Waals surface area (Å²) in [6, 6.07) is 28.5. The van der Waals surface area contributed by atoms with E-state index in [2.05, 4.69) is 4.65 Å². The van der Waals surface area contributed by atoms with Gasteiger partial charge in [-0.05, 0) is 48.8 Å². The highest BCUT2D eigenvalue weighted by Crippen LogP contribution is 2.48. The fourth-order valence-electron chi connectivity index (χ4n) is 5.84. The summed E-state index contributed by atoms with van der Waals surface area (Å²) in [6.45, 7) is 0. The number of Topliss-reactive ketones (excluding diaryl/α,β-unsaturated/α-hetero) is 2. The van der Waals surface area contributed by atoms with Crippen LogP contribution in [0, 0.1) is 0 Å². The minimum absolute atomic E-state index is 0.396. The number of carbonyl (C=O) groups is 3. The number of fused-ring (bicyclic) bond motifs is 4. The Morgan fingerprint density at radius 2 is 0.972 bits per heavy atom. The van der Waals surface area contributed by atoms with Crippen molar-refractivity contribution in [1.29, 1.82) is 0 Å². The molecule has 0 heterocycles. The zero-order valence-electron chi connectivity index (χ0n) is 18.9. The molecule has 0 spiro atoms. The van der Waals surface area contributed by atoms with E-state index in [0.717, 1.165) is 38.1 Å². The molecule has 0 aromatic heterocycles. The first-order valence-electron chi connectivity index (χ1n) is 11.5. The Balaban J connectivity index is 1.80. The minimum Gasteiger partial charge on any atom is -0.540 e. The average molecular weight is 462 g/mol. The van der Waals surface area contributed by atoms with Crippen molar-refractivity contribution in [1.82, 2.24) is 0 Å². The lowest BCUT2D eigenvalue weighted by molar-refractivity contribution is 0.0753. The van der Waals surface area contributed by atoms with E-state index >= 15 is 0 Å². The summed E-state index contributed by atoms with van der Waals surface area (Å²) < 4.78 is 4.69. The molecule has 7 rings (SSSR count). The lowest BCUT2D eigenvalue weighted by atomic mass is 9.83. The summed E-state index contributed by atoms with van der Waals surface area (Å²) in [5.41, 5.74) is 3.11. The standard InChI is InChI=1S/C31H15BO4/c32-36-31(35)27-19-11-4-1-8-16(19)24(17-9-2-5-12-20(17)27)25-18-10-3-6-13-21(18)28-26-22(25)14-7-15-23(26)29(33)30(28)34/h1-15H. The topological polar surface area (TPSA) is 60.4 Å². The van der Waals surface area contributed by atoms with E-state index < -0.39 is 17.5 Å². The Morgan fingerprint density at radius 3 is 1.53 bits per heavy atom. The number of hydrogen-bond acceptors (Lipinski definition) is 4. The fourth-order valence-corrected chi connectivity index (χ4v) is 5.84. The minimum atomic E-state index is -0.615. The van der Waals surface area contributed by atoms with E-state index in [1.165, 1.54) is 0 Å². The zero-order valence-corrected chi connectivity index (χ0v) is 18.9. The molecule has 0 saturated carbocycles. The molecule has 0 unspecified atom stereocenters. The van der Waals surface area contributed by atoms with Crippen LogP contribution in [0.4, 0.5) is 0 Å². The predicted octanol–water partition coefficient (Wildman–Crippen LogP) is 6.59. The fraction of sp³-hybridized carbons (Fsp3) is 0. The van der Waals surface area contributed by atoms with Crippen molar-refractivity contribution in [3.05, 3.63) is 108 Å². The van der Waals surface area contributed by atoms with Gasteiger partial charge < -0.3 is 4.65 Å². The first-order valence-corrected chi connectivity index (χ1v) is 11.5. The van der Waals surface area contributed by atoms with Gasteiger partial charge in [-0.3, -0.25) is 9.59 Å². The van der Waals surface area contributed by atoms with Crippen LogP contribution in [-0.4, -0.2) is 25.6 Å². The van der Waals surface area contributed by atoms with Crippen LogP contribution in [0.5, 0.6) is 0 Å². The number of rotatable bonds is 2. The third-order valence-corrected chi connectivity index (χ3v) is 7.22. The molecule has 0 atom stereocenters. The van der Waals surface area contributed by atoms with Crippen LogP contribution in [0.1, 0.15) is 31.1 Å². The second-order valence-corrected chi connectivity index (χ2v) is 8.93. The molecule has 0 amide bonds. The molecule has 1 aliphatic rings. The van der Waals surface area contributed by atoms with E-state index in [4.69, 9.17) is 8.05 Å². The Kier molecular flexibility index (Phi) is 4.21. The molecule has 0 saturated heterocycles. The van der Waals surface area contributed by atoms with Crippen LogP contribution in [0.3, 0.4) is 0 Å². The van der Waals surface area contributed by atoms with Gasteiger partial charge in [-0.1, -0.05) is 91.0 Å². The van der Waals surface area contributed by atoms with Crippen molar-refractivity contribution >= 4 is 68.7 Å². The van der Waals surface area contributed by atoms with Crippen molar-refractivity contribution in [2.24, 2.45) is 0 Å². The second-order valence-electron chi connectivity index (χ2n) is 8.93. The van der Waals surface area contributed by atoms with Crippen LogP contribution >= 0.6 is 0 Å². The van der Waals surface area contributed by atoms with Crippen LogP contribution in [0.2, 0.25) is 0 Å². The number of hydrogen-bond donors (Lipinski definition) is 0. The molecule has 6 aromatic rings. The van der Waals surface area contributed by atoms with E-state index in [9.17, 15) is 14.4 Å². The summed E-state index contributed by atoms with van der Waals surface area (Å²) in [7, 11) is 5.34.